The van der Waals surface area contributed by atoms with Crippen LogP contribution in [0.1, 0.15) is 0 Å². The van der Waals surface area contributed by atoms with Crippen LogP contribution in [0.3, 0.4) is 0 Å². The zero-order chi connectivity index (χ0) is 12.2. The molecule has 1 rings (SSSR count). The van der Waals surface area contributed by atoms with Crippen molar-refractivity contribution >= 4 is 45.9 Å². The molecule has 1 fully saturated rings. The van der Waals surface area contributed by atoms with E-state index in [4.69, 9.17) is 25.6 Å². The van der Waals surface area contributed by atoms with Crippen LogP contribution in [0.5, 0.6) is 0 Å². The molecule has 6 nitrogen and oxygen atoms in total. The average Bonchev–Trinajstić information content (AvgIpc) is 2.67. The molecule has 1 amide bonds. The molecule has 0 bridgehead atoms. The minimum atomic E-state index is -2.32. The lowest BCUT2D eigenvalue weighted by Gasteiger charge is -2.20. The van der Waals surface area contributed by atoms with E-state index in [0.717, 1.165) is 11.8 Å². The summed E-state index contributed by atoms with van der Waals surface area (Å²) in [7, 11) is 4.54. The zero-order valence-corrected chi connectivity index (χ0v) is 12.4. The molecule has 0 spiro atoms. The molecular weight excluding hydrogens is 291 g/mol. The van der Waals surface area contributed by atoms with Gasteiger partial charge in [0.2, 0.25) is 5.69 Å². The molecule has 1 saturated heterocycles. The van der Waals surface area contributed by atoms with Crippen molar-refractivity contribution in [3.8, 4) is 0 Å². The van der Waals surface area contributed by atoms with E-state index in [1.807, 2.05) is 0 Å². The molecule has 1 N–H and O–H groups in total. The van der Waals surface area contributed by atoms with Gasteiger partial charge in [-0.05, 0) is 35.0 Å². The number of hydrogen-bond acceptors (Lipinski definition) is 8. The van der Waals surface area contributed by atoms with Crippen LogP contribution >= 0.6 is 28.8 Å². The smallest absolute Gasteiger partial charge is 0.300 e. The summed E-state index contributed by atoms with van der Waals surface area (Å²) in [6, 6.07) is 0. The van der Waals surface area contributed by atoms with Crippen molar-refractivity contribution in [1.29, 1.82) is 0 Å². The van der Waals surface area contributed by atoms with Crippen molar-refractivity contribution in [1.82, 2.24) is 10.4 Å². The first-order valence-electron chi connectivity index (χ1n) is 4.18. The molecule has 94 valence electrons. The highest BCUT2D eigenvalue weighted by molar-refractivity contribution is 8.67. The second-order valence-corrected chi connectivity index (χ2v) is 10.1. The van der Waals surface area contributed by atoms with Crippen LogP contribution in [0.25, 0.3) is 0 Å². The van der Waals surface area contributed by atoms with Crippen molar-refractivity contribution in [2.75, 3.05) is 27.2 Å². The van der Waals surface area contributed by atoms with E-state index in [0.29, 0.717) is 5.88 Å². The third-order valence-corrected chi connectivity index (χ3v) is 8.25. The number of hydrogen-bond donors (Lipinski definition) is 1. The summed E-state index contributed by atoms with van der Waals surface area (Å²) in [5.41, 5.74) is 0.216. The first kappa shape index (κ1) is 14.7. The van der Waals surface area contributed by atoms with E-state index in [-0.39, 0.29) is 10.8 Å². The van der Waals surface area contributed by atoms with Gasteiger partial charge >= 0.3 is 5.24 Å². The predicted molar refractivity (Wildman–Crippen MR) is 69.5 cm³/mol. The van der Waals surface area contributed by atoms with E-state index < -0.39 is 5.69 Å². The first-order chi connectivity index (χ1) is 7.54. The molecule has 16 heavy (non-hydrogen) atoms. The molecule has 0 aliphatic carbocycles. The van der Waals surface area contributed by atoms with Gasteiger partial charge < -0.3 is 13.8 Å². The van der Waals surface area contributed by atoms with Crippen LogP contribution in [-0.2, 0) is 25.6 Å². The molecule has 0 saturated carbocycles. The summed E-state index contributed by atoms with van der Waals surface area (Å²) in [5, 5.41) is 1.33. The Morgan fingerprint density at radius 2 is 2.19 bits per heavy atom. The second-order valence-electron chi connectivity index (χ2n) is 2.58. The van der Waals surface area contributed by atoms with Gasteiger partial charge in [-0.2, -0.15) is 5.43 Å². The van der Waals surface area contributed by atoms with Crippen molar-refractivity contribution < 1.29 is 18.6 Å². The van der Waals surface area contributed by atoms with Crippen molar-refractivity contribution in [3.63, 3.8) is 0 Å². The Morgan fingerprint density at radius 3 is 2.62 bits per heavy atom. The number of rotatable bonds is 6. The quantitative estimate of drug-likeness (QED) is 0.745. The number of nitrogens with one attached hydrogen (secondary N) is 1. The van der Waals surface area contributed by atoms with Crippen molar-refractivity contribution in [2.45, 2.75) is 5.56 Å². The number of amides is 1. The highest BCUT2D eigenvalue weighted by Crippen LogP contribution is 2.59. The van der Waals surface area contributed by atoms with Crippen molar-refractivity contribution in [2.24, 2.45) is 0 Å². The van der Waals surface area contributed by atoms with Gasteiger partial charge in [-0.1, -0.05) is 0 Å². The summed E-state index contributed by atoms with van der Waals surface area (Å²) in [4.78, 5) is 11.5. The van der Waals surface area contributed by atoms with Crippen molar-refractivity contribution in [3.05, 3.63) is 0 Å². The molecule has 1 unspecified atom stereocenters. The largest absolute Gasteiger partial charge is 0.355 e. The summed E-state index contributed by atoms with van der Waals surface area (Å²) >= 11 is 7.53. The first-order valence-corrected chi connectivity index (χ1v) is 9.28. The Hall–Kier alpha value is 0.660. The van der Waals surface area contributed by atoms with Gasteiger partial charge in [-0.15, -0.1) is 0 Å². The number of thioether (sulfide) groups is 1. The van der Waals surface area contributed by atoms with Gasteiger partial charge in [0.25, 0.3) is 0 Å². The zero-order valence-electron chi connectivity index (χ0n) is 9.04. The van der Waals surface area contributed by atoms with E-state index in [1.165, 1.54) is 37.7 Å². The average molecular weight is 304 g/mol. The van der Waals surface area contributed by atoms with Gasteiger partial charge in [-0.25, -0.2) is 0 Å². The molecule has 0 aromatic rings. The number of methoxy groups -OCH3 is 1. The Kier molecular flexibility index (Phi) is 6.03. The fourth-order valence-corrected chi connectivity index (χ4v) is 4.28. The number of carbonyl (C=O) groups is 1. The molecule has 0 aromatic carbocycles. The maximum Gasteiger partial charge on any atom is 0.300 e. The van der Waals surface area contributed by atoms with E-state index >= 15 is 0 Å². The third-order valence-electron chi connectivity index (χ3n) is 1.70. The van der Waals surface area contributed by atoms with Crippen LogP contribution in [-0.4, -0.2) is 43.0 Å². The van der Waals surface area contributed by atoms with Gasteiger partial charge in [0.15, 0.2) is 5.56 Å². The minimum absolute atomic E-state index is 0.104. The summed E-state index contributed by atoms with van der Waals surface area (Å²) in [6.45, 7) is 0. The number of ether oxygens (including phenoxy) is 1. The van der Waals surface area contributed by atoms with Crippen LogP contribution in [0.15, 0.2) is 0 Å². The maximum absolute atomic E-state index is 11.5. The molecule has 0 radical (unpaired) electrons. The number of carbonyl (C=O) groups excluding carboxylic acids is 1. The summed E-state index contributed by atoms with van der Waals surface area (Å²) < 4.78 is 15.2. The highest BCUT2D eigenvalue weighted by Gasteiger charge is 2.31. The van der Waals surface area contributed by atoms with E-state index in [9.17, 15) is 4.79 Å². The third kappa shape index (κ3) is 3.85. The minimum Gasteiger partial charge on any atom is -0.355 e. The molecular formula is C6H13N2O4PS3. The van der Waals surface area contributed by atoms with Gasteiger partial charge in [0.05, 0.1) is 5.88 Å². The topological polar surface area (TPSA) is 60.0 Å². The monoisotopic (exact) mass is 304 g/mol. The molecule has 0 aromatic heterocycles. The van der Waals surface area contributed by atoms with Crippen LogP contribution < -0.4 is 5.43 Å². The van der Waals surface area contributed by atoms with Crippen LogP contribution in [0, 0.1) is 0 Å². The van der Waals surface area contributed by atoms with E-state index in [2.05, 4.69) is 5.43 Å². The number of nitrogens with zero attached hydrogens (tertiary/aromatic N) is 1. The molecule has 1 aliphatic rings. The highest BCUT2D eigenvalue weighted by atomic mass is 32.9. The lowest BCUT2D eigenvalue weighted by molar-refractivity contribution is 0.101. The fourth-order valence-electron chi connectivity index (χ4n) is 0.861. The Bertz CT molecular complexity index is 297. The van der Waals surface area contributed by atoms with E-state index in [1.54, 1.807) is 0 Å². The van der Waals surface area contributed by atoms with Crippen LogP contribution in [0.4, 0.5) is 4.79 Å². The van der Waals surface area contributed by atoms with Gasteiger partial charge in [-0.3, -0.25) is 9.80 Å². The Morgan fingerprint density at radius 1 is 1.56 bits per heavy atom. The lowest BCUT2D eigenvalue weighted by Crippen LogP contribution is -2.37. The Labute approximate surface area is 108 Å². The molecule has 10 heteroatoms. The molecule has 1 aliphatic heterocycles. The van der Waals surface area contributed by atoms with Gasteiger partial charge in [0, 0.05) is 21.3 Å². The SMILES string of the molecule is COC1NN(CSP(=S)(OC)OC)C(=O)S1. The Balaban J connectivity index is 2.44. The second kappa shape index (κ2) is 6.55. The van der Waals surface area contributed by atoms with Gasteiger partial charge in [0.1, 0.15) is 0 Å². The normalized spacial score (nSPS) is 21.8. The predicted octanol–water partition coefficient (Wildman–Crippen LogP) is 1.80. The van der Waals surface area contributed by atoms with Crippen LogP contribution in [0.2, 0.25) is 0 Å². The molecule has 1 atom stereocenters. The lowest BCUT2D eigenvalue weighted by atomic mass is 11.1. The maximum atomic E-state index is 11.5. The summed E-state index contributed by atoms with van der Waals surface area (Å²) in [5.74, 6) is 0.366. The fraction of sp³-hybridized carbons (Fsp3) is 0.833. The molecule has 1 heterocycles. The summed E-state index contributed by atoms with van der Waals surface area (Å²) in [6.07, 6.45) is 0. The standard InChI is InChI=1S/C6H13N2O4PS3/c1-10-5-7-8(6(9)16-5)4-15-13(14,11-2)12-3/h5,7H,4H2,1-3H3. The number of hydrazine groups is 1.